The Balaban J connectivity index is 2.19. The fraction of sp³-hybridized carbons (Fsp3) is 0.269. The maximum absolute atomic E-state index is 13.4. The number of rotatable bonds is 6. The van der Waals surface area contributed by atoms with E-state index < -0.39 is 10.3 Å². The van der Waals surface area contributed by atoms with Gasteiger partial charge in [-0.2, -0.15) is 5.26 Å². The normalized spacial score (nSPS) is 12.5. The van der Waals surface area contributed by atoms with Crippen LogP contribution in [-0.4, -0.2) is 29.4 Å². The Morgan fingerprint density at radius 3 is 2.40 bits per heavy atom. The number of ketones is 1. The summed E-state index contributed by atoms with van der Waals surface area (Å²) < 4.78 is 2.37. The molecule has 9 heteroatoms. The van der Waals surface area contributed by atoms with Crippen molar-refractivity contribution in [3.8, 4) is 6.07 Å². The Labute approximate surface area is 206 Å². The van der Waals surface area contributed by atoms with Crippen molar-refractivity contribution < 1.29 is 9.72 Å². The zero-order valence-electron chi connectivity index (χ0n) is 20.2. The van der Waals surface area contributed by atoms with Crippen molar-refractivity contribution in [3.05, 3.63) is 88.8 Å². The molecule has 0 saturated carbocycles. The Morgan fingerprint density at radius 1 is 1.20 bits per heavy atom. The van der Waals surface area contributed by atoms with Crippen LogP contribution in [0.3, 0.4) is 0 Å². The SMILES string of the molecule is CN(C)c1ccc(C=c2sc(=CC(=O)C(C)(C)C)n(Cc3ccc(C#N)cc3)c2=O)cc1[N+](=O)[O-]. The van der Waals surface area contributed by atoms with E-state index >= 15 is 0 Å². The molecular formula is C26H26N4O4S. The van der Waals surface area contributed by atoms with Crippen molar-refractivity contribution in [1.29, 1.82) is 5.26 Å². The monoisotopic (exact) mass is 490 g/mol. The Bertz CT molecular complexity index is 1500. The molecular weight excluding hydrogens is 464 g/mol. The first-order valence-electron chi connectivity index (χ1n) is 10.8. The van der Waals surface area contributed by atoms with E-state index in [0.717, 1.165) is 16.9 Å². The summed E-state index contributed by atoms with van der Waals surface area (Å²) in [6.45, 7) is 5.64. The minimum Gasteiger partial charge on any atom is -0.372 e. The van der Waals surface area contributed by atoms with Gasteiger partial charge < -0.3 is 4.90 Å². The van der Waals surface area contributed by atoms with Gasteiger partial charge in [0.1, 0.15) is 10.4 Å². The van der Waals surface area contributed by atoms with Crippen molar-refractivity contribution in [2.24, 2.45) is 5.41 Å². The second kappa shape index (κ2) is 10.1. The Hall–Kier alpha value is -4.03. The van der Waals surface area contributed by atoms with E-state index in [-0.39, 0.29) is 23.6 Å². The van der Waals surface area contributed by atoms with Crippen LogP contribution in [0.1, 0.15) is 37.5 Å². The average molecular weight is 491 g/mol. The van der Waals surface area contributed by atoms with Gasteiger partial charge in [-0.05, 0) is 35.4 Å². The van der Waals surface area contributed by atoms with E-state index in [9.17, 15) is 19.7 Å². The minimum absolute atomic E-state index is 0.0621. The number of thiazole rings is 1. The van der Waals surface area contributed by atoms with Gasteiger partial charge in [-0.3, -0.25) is 24.3 Å². The van der Waals surface area contributed by atoms with Crippen LogP contribution in [0, 0.1) is 26.9 Å². The molecule has 0 aliphatic carbocycles. The lowest BCUT2D eigenvalue weighted by molar-refractivity contribution is -0.384. The predicted octanol–water partition coefficient (Wildman–Crippen LogP) is 3.03. The average Bonchev–Trinajstić information content (AvgIpc) is 3.07. The highest BCUT2D eigenvalue weighted by Crippen LogP contribution is 2.27. The highest BCUT2D eigenvalue weighted by molar-refractivity contribution is 7.07. The van der Waals surface area contributed by atoms with E-state index in [4.69, 9.17) is 5.26 Å². The van der Waals surface area contributed by atoms with Gasteiger partial charge in [0.15, 0.2) is 5.78 Å². The molecule has 0 N–H and O–H groups in total. The third kappa shape index (κ3) is 5.91. The van der Waals surface area contributed by atoms with Crippen molar-refractivity contribution in [2.75, 3.05) is 19.0 Å². The van der Waals surface area contributed by atoms with Crippen LogP contribution in [0.5, 0.6) is 0 Å². The number of carbonyl (C=O) groups is 1. The van der Waals surface area contributed by atoms with Crippen LogP contribution in [-0.2, 0) is 11.3 Å². The molecule has 180 valence electrons. The molecule has 2 aromatic carbocycles. The molecule has 0 atom stereocenters. The van der Waals surface area contributed by atoms with Crippen LogP contribution < -0.4 is 19.7 Å². The van der Waals surface area contributed by atoms with Gasteiger partial charge in [0, 0.05) is 31.7 Å². The third-order valence-electron chi connectivity index (χ3n) is 5.33. The number of nitriles is 1. The maximum Gasteiger partial charge on any atom is 0.293 e. The lowest BCUT2D eigenvalue weighted by Gasteiger charge is -2.13. The molecule has 8 nitrogen and oxygen atoms in total. The summed E-state index contributed by atoms with van der Waals surface area (Å²) in [5.74, 6) is -0.121. The van der Waals surface area contributed by atoms with E-state index in [2.05, 4.69) is 6.07 Å². The third-order valence-corrected chi connectivity index (χ3v) is 6.39. The van der Waals surface area contributed by atoms with Crippen LogP contribution in [0.4, 0.5) is 11.4 Å². The quantitative estimate of drug-likeness (QED) is 0.388. The van der Waals surface area contributed by atoms with Crippen molar-refractivity contribution in [2.45, 2.75) is 27.3 Å². The number of hydrogen-bond acceptors (Lipinski definition) is 7. The first kappa shape index (κ1) is 25.6. The van der Waals surface area contributed by atoms with Crippen molar-refractivity contribution in [3.63, 3.8) is 0 Å². The van der Waals surface area contributed by atoms with Gasteiger partial charge in [0.25, 0.3) is 11.2 Å². The van der Waals surface area contributed by atoms with Crippen LogP contribution >= 0.6 is 11.3 Å². The Kier molecular flexibility index (Phi) is 7.37. The number of benzene rings is 2. The number of hydrogen-bond donors (Lipinski definition) is 0. The molecule has 0 amide bonds. The summed E-state index contributed by atoms with van der Waals surface area (Å²) in [6, 6.07) is 13.7. The van der Waals surface area contributed by atoms with Gasteiger partial charge in [0.2, 0.25) is 0 Å². The molecule has 0 saturated heterocycles. The molecule has 0 aliphatic heterocycles. The van der Waals surface area contributed by atoms with Gasteiger partial charge in [-0.25, -0.2) is 0 Å². The second-order valence-electron chi connectivity index (χ2n) is 9.31. The summed E-state index contributed by atoms with van der Waals surface area (Å²) in [5.41, 5.74) is 1.31. The number of carbonyl (C=O) groups excluding carboxylic acids is 1. The molecule has 3 aromatic rings. The zero-order chi connectivity index (χ0) is 25.9. The molecule has 0 spiro atoms. The van der Waals surface area contributed by atoms with E-state index in [1.165, 1.54) is 16.7 Å². The summed E-state index contributed by atoms with van der Waals surface area (Å²) >= 11 is 1.16. The van der Waals surface area contributed by atoms with E-state index in [1.807, 2.05) is 0 Å². The molecule has 3 rings (SSSR count). The number of nitrogens with zero attached hydrogens (tertiary/aromatic N) is 4. The summed E-state index contributed by atoms with van der Waals surface area (Å²) in [5, 5.41) is 20.6. The molecule has 0 radical (unpaired) electrons. The van der Waals surface area contributed by atoms with Crippen LogP contribution in [0.25, 0.3) is 12.2 Å². The van der Waals surface area contributed by atoms with E-state index in [0.29, 0.717) is 26.0 Å². The number of Topliss-reactive ketones (excluding diaryl/α,β-unsaturated/α-hetero) is 1. The molecule has 1 heterocycles. The van der Waals surface area contributed by atoms with Gasteiger partial charge in [-0.1, -0.05) is 39.0 Å². The van der Waals surface area contributed by atoms with Crippen molar-refractivity contribution in [1.82, 2.24) is 4.57 Å². The largest absolute Gasteiger partial charge is 0.372 e. The number of nitro groups is 1. The number of anilines is 1. The molecule has 0 unspecified atom stereocenters. The highest BCUT2D eigenvalue weighted by Gasteiger charge is 2.20. The van der Waals surface area contributed by atoms with Crippen LogP contribution in [0.2, 0.25) is 0 Å². The molecule has 0 aliphatic rings. The smallest absolute Gasteiger partial charge is 0.293 e. The fourth-order valence-electron chi connectivity index (χ4n) is 3.29. The predicted molar refractivity (Wildman–Crippen MR) is 138 cm³/mol. The first-order valence-corrected chi connectivity index (χ1v) is 11.6. The topological polar surface area (TPSA) is 109 Å². The van der Waals surface area contributed by atoms with Crippen molar-refractivity contribution >= 4 is 40.6 Å². The van der Waals surface area contributed by atoms with Gasteiger partial charge in [-0.15, -0.1) is 11.3 Å². The standard InChI is InChI=1S/C26H26N4O4S/c1-26(2,3)23(31)14-24-29(16-18-8-6-17(15-27)7-9-18)25(32)22(35-24)13-19-10-11-20(28(4)5)21(12-19)30(33)34/h6-14H,16H2,1-5H3. The molecule has 0 bridgehead atoms. The summed E-state index contributed by atoms with van der Waals surface area (Å²) in [6.07, 6.45) is 3.08. The first-order chi connectivity index (χ1) is 16.4. The van der Waals surface area contributed by atoms with Crippen LogP contribution in [0.15, 0.2) is 47.3 Å². The van der Waals surface area contributed by atoms with E-state index in [1.54, 1.807) is 82.2 Å². The zero-order valence-corrected chi connectivity index (χ0v) is 21.0. The molecule has 0 fully saturated rings. The lowest BCUT2D eigenvalue weighted by Crippen LogP contribution is -2.32. The van der Waals surface area contributed by atoms with Gasteiger partial charge >= 0.3 is 0 Å². The molecule has 35 heavy (non-hydrogen) atoms. The number of aromatic nitrogens is 1. The van der Waals surface area contributed by atoms with Gasteiger partial charge in [0.05, 0.1) is 27.6 Å². The lowest BCUT2D eigenvalue weighted by atomic mass is 9.91. The highest BCUT2D eigenvalue weighted by atomic mass is 32.1. The summed E-state index contributed by atoms with van der Waals surface area (Å²) in [7, 11) is 3.45. The maximum atomic E-state index is 13.4. The fourth-order valence-corrected chi connectivity index (χ4v) is 4.34. The second-order valence-corrected chi connectivity index (χ2v) is 10.4. The number of nitro benzene ring substituents is 1. The Morgan fingerprint density at radius 2 is 1.86 bits per heavy atom. The minimum atomic E-state index is -0.619. The molecule has 1 aromatic heterocycles. The summed E-state index contributed by atoms with van der Waals surface area (Å²) in [4.78, 5) is 38.9.